The van der Waals surface area contributed by atoms with Gasteiger partial charge in [-0.25, -0.2) is 9.40 Å². The maximum absolute atomic E-state index is 7.83. The number of anilines is 1. The van der Waals surface area contributed by atoms with Crippen molar-refractivity contribution in [3.05, 3.63) is 46.9 Å². The number of benzene rings is 1. The average Bonchev–Trinajstić information content (AvgIpc) is 2.82. The number of hydrogen-bond donors (Lipinski definition) is 1. The predicted octanol–water partition coefficient (Wildman–Crippen LogP) is 3.13. The molecule has 0 aliphatic rings. The number of para-hydroxylation sites is 1. The van der Waals surface area contributed by atoms with Crippen LogP contribution >= 0.6 is 23.1 Å². The fraction of sp³-hybridized carbons (Fsp3) is 0. The Balaban J connectivity index is 2.23. The summed E-state index contributed by atoms with van der Waals surface area (Å²) in [5.74, 6) is 0.184. The summed E-state index contributed by atoms with van der Waals surface area (Å²) in [4.78, 5) is 4.03. The lowest BCUT2D eigenvalue weighted by molar-refractivity contribution is 1.30. The molecule has 0 fully saturated rings. The zero-order chi connectivity index (χ0) is 10.7. The molecule has 1 heterocycles. The summed E-state index contributed by atoms with van der Waals surface area (Å²) in [6.07, 6.45) is 0. The Morgan fingerprint density at radius 3 is 2.67 bits per heavy atom. The second kappa shape index (κ2) is 4.42. The third-order valence-corrected chi connectivity index (χ3v) is 2.80. The van der Waals surface area contributed by atoms with E-state index in [9.17, 15) is 0 Å². The number of halogens is 1. The van der Waals surface area contributed by atoms with Crippen molar-refractivity contribution in [2.45, 2.75) is 0 Å². The largest absolute Gasteiger partial charge is 0.281 e. The van der Waals surface area contributed by atoms with Gasteiger partial charge in [0.15, 0.2) is 5.84 Å². The highest BCUT2D eigenvalue weighted by atomic mass is 35.5. The first-order valence-corrected chi connectivity index (χ1v) is 5.55. The lowest BCUT2D eigenvalue weighted by Gasteiger charge is -2.14. The van der Waals surface area contributed by atoms with Crippen molar-refractivity contribution in [3.63, 3.8) is 0 Å². The molecule has 1 N–H and O–H groups in total. The number of aromatic nitrogens is 1. The van der Waals surface area contributed by atoms with E-state index in [4.69, 9.17) is 17.2 Å². The molecule has 0 unspecified atom stereocenters. The minimum atomic E-state index is 0.184. The number of nitrogens with zero attached hydrogens (tertiary/aromatic N) is 2. The molecule has 0 aliphatic carbocycles. The van der Waals surface area contributed by atoms with Crippen LogP contribution in [0.3, 0.4) is 0 Å². The summed E-state index contributed by atoms with van der Waals surface area (Å²) < 4.78 is 1.29. The molecule has 0 saturated carbocycles. The summed E-state index contributed by atoms with van der Waals surface area (Å²) in [7, 11) is 0. The summed E-state index contributed by atoms with van der Waals surface area (Å²) >= 11 is 7.46. The molecular weight excluding hydrogens is 230 g/mol. The van der Waals surface area contributed by atoms with Crippen molar-refractivity contribution in [2.24, 2.45) is 0 Å². The van der Waals surface area contributed by atoms with Crippen LogP contribution in [-0.4, -0.2) is 10.8 Å². The Bertz CT molecular complexity index is 441. The quantitative estimate of drug-likeness (QED) is 0.495. The van der Waals surface area contributed by atoms with Gasteiger partial charge in [0.25, 0.3) is 0 Å². The Labute approximate surface area is 96.6 Å². The van der Waals surface area contributed by atoms with Gasteiger partial charge >= 0.3 is 0 Å². The Hall–Kier alpha value is -1.39. The van der Waals surface area contributed by atoms with E-state index in [1.165, 1.54) is 15.8 Å². The summed E-state index contributed by atoms with van der Waals surface area (Å²) in [5.41, 5.74) is 3.02. The van der Waals surface area contributed by atoms with Crippen molar-refractivity contribution in [1.29, 1.82) is 5.41 Å². The first-order valence-electron chi connectivity index (χ1n) is 4.27. The van der Waals surface area contributed by atoms with Crippen LogP contribution in [0.4, 0.5) is 5.69 Å². The predicted molar refractivity (Wildman–Crippen MR) is 63.7 cm³/mol. The van der Waals surface area contributed by atoms with Crippen molar-refractivity contribution in [1.82, 2.24) is 4.98 Å². The standard InChI is InChI=1S/C10H8ClN3S/c11-14(8-4-2-1-3-5-8)10(12)9-6-15-7-13-9/h1-7,12H. The molecule has 0 amide bonds. The molecule has 2 aromatic rings. The highest BCUT2D eigenvalue weighted by Crippen LogP contribution is 2.18. The summed E-state index contributed by atoms with van der Waals surface area (Å²) in [5, 5.41) is 9.62. The molecule has 2 rings (SSSR count). The molecular formula is C10H8ClN3S. The molecule has 3 nitrogen and oxygen atoms in total. The van der Waals surface area contributed by atoms with E-state index in [1.807, 2.05) is 30.3 Å². The number of thiazole rings is 1. The van der Waals surface area contributed by atoms with Gasteiger partial charge in [-0.3, -0.25) is 5.41 Å². The zero-order valence-electron chi connectivity index (χ0n) is 7.72. The number of nitrogens with one attached hydrogen (secondary N) is 1. The first kappa shape index (κ1) is 10.1. The van der Waals surface area contributed by atoms with Gasteiger partial charge in [0.2, 0.25) is 0 Å². The lowest BCUT2D eigenvalue weighted by Crippen LogP contribution is -2.20. The number of rotatable bonds is 2. The van der Waals surface area contributed by atoms with Gasteiger partial charge in [-0.05, 0) is 12.1 Å². The molecule has 1 aromatic carbocycles. The summed E-state index contributed by atoms with van der Waals surface area (Å²) in [6, 6.07) is 9.33. The van der Waals surface area contributed by atoms with E-state index in [-0.39, 0.29) is 5.84 Å². The van der Waals surface area contributed by atoms with E-state index < -0.39 is 0 Å². The van der Waals surface area contributed by atoms with Crippen molar-refractivity contribution >= 4 is 34.6 Å². The maximum atomic E-state index is 7.83. The van der Waals surface area contributed by atoms with Crippen LogP contribution in [0.1, 0.15) is 5.69 Å². The third kappa shape index (κ3) is 2.16. The molecule has 0 aliphatic heterocycles. The molecule has 0 spiro atoms. The van der Waals surface area contributed by atoms with E-state index >= 15 is 0 Å². The van der Waals surface area contributed by atoms with Gasteiger partial charge in [0.05, 0.1) is 11.2 Å². The fourth-order valence-electron chi connectivity index (χ4n) is 1.12. The number of amidine groups is 1. The molecule has 5 heteroatoms. The normalized spacial score (nSPS) is 9.93. The highest BCUT2D eigenvalue weighted by Gasteiger charge is 2.12. The van der Waals surface area contributed by atoms with E-state index in [0.29, 0.717) is 5.69 Å². The average molecular weight is 238 g/mol. The topological polar surface area (TPSA) is 40.0 Å². The SMILES string of the molecule is N=C(c1cscn1)N(Cl)c1ccccc1. The Morgan fingerprint density at radius 1 is 1.33 bits per heavy atom. The smallest absolute Gasteiger partial charge is 0.167 e. The van der Waals surface area contributed by atoms with Gasteiger partial charge in [-0.1, -0.05) is 18.2 Å². The number of hydrogen-bond acceptors (Lipinski definition) is 3. The van der Waals surface area contributed by atoms with Crippen LogP contribution in [0.5, 0.6) is 0 Å². The van der Waals surface area contributed by atoms with Crippen molar-refractivity contribution < 1.29 is 0 Å². The van der Waals surface area contributed by atoms with Crippen LogP contribution in [0.2, 0.25) is 0 Å². The lowest BCUT2D eigenvalue weighted by atomic mass is 10.3. The van der Waals surface area contributed by atoms with Gasteiger partial charge in [0, 0.05) is 17.2 Å². The van der Waals surface area contributed by atoms with E-state index in [1.54, 1.807) is 10.9 Å². The molecule has 76 valence electrons. The van der Waals surface area contributed by atoms with Crippen LogP contribution in [0.25, 0.3) is 0 Å². The first-order chi connectivity index (χ1) is 7.29. The second-order valence-electron chi connectivity index (χ2n) is 2.84. The molecule has 0 atom stereocenters. The van der Waals surface area contributed by atoms with Crippen LogP contribution in [0, 0.1) is 5.41 Å². The molecule has 1 aromatic heterocycles. The minimum absolute atomic E-state index is 0.184. The summed E-state index contributed by atoms with van der Waals surface area (Å²) in [6.45, 7) is 0. The van der Waals surface area contributed by atoms with Crippen LogP contribution in [-0.2, 0) is 0 Å². The molecule has 0 radical (unpaired) electrons. The van der Waals surface area contributed by atoms with E-state index in [0.717, 1.165) is 5.69 Å². The monoisotopic (exact) mass is 237 g/mol. The zero-order valence-corrected chi connectivity index (χ0v) is 9.29. The minimum Gasteiger partial charge on any atom is -0.281 e. The van der Waals surface area contributed by atoms with Gasteiger partial charge in [-0.15, -0.1) is 11.3 Å². The second-order valence-corrected chi connectivity index (χ2v) is 3.90. The molecule has 0 bridgehead atoms. The fourth-order valence-corrected chi connectivity index (χ4v) is 1.85. The van der Waals surface area contributed by atoms with Crippen molar-refractivity contribution in [2.75, 3.05) is 4.42 Å². The maximum Gasteiger partial charge on any atom is 0.167 e. The van der Waals surface area contributed by atoms with Crippen LogP contribution in [0.15, 0.2) is 41.2 Å². The molecule has 15 heavy (non-hydrogen) atoms. The Kier molecular flexibility index (Phi) is 2.99. The van der Waals surface area contributed by atoms with Gasteiger partial charge < -0.3 is 0 Å². The van der Waals surface area contributed by atoms with Crippen LogP contribution < -0.4 is 4.42 Å². The highest BCUT2D eigenvalue weighted by molar-refractivity contribution is 7.07. The van der Waals surface area contributed by atoms with Gasteiger partial charge in [0.1, 0.15) is 5.69 Å². The molecule has 0 saturated heterocycles. The van der Waals surface area contributed by atoms with Gasteiger partial charge in [-0.2, -0.15) is 0 Å². The van der Waals surface area contributed by atoms with Crippen molar-refractivity contribution in [3.8, 4) is 0 Å². The Morgan fingerprint density at radius 2 is 2.07 bits per heavy atom. The van der Waals surface area contributed by atoms with E-state index in [2.05, 4.69) is 4.98 Å². The third-order valence-electron chi connectivity index (χ3n) is 1.85.